The van der Waals surface area contributed by atoms with E-state index >= 15 is 0 Å². The molecule has 2 N–H and O–H groups in total. The summed E-state index contributed by atoms with van der Waals surface area (Å²) >= 11 is 0. The highest BCUT2D eigenvalue weighted by atomic mass is 16.5. The van der Waals surface area contributed by atoms with Crippen molar-refractivity contribution in [2.24, 2.45) is 0 Å². The van der Waals surface area contributed by atoms with Crippen molar-refractivity contribution in [1.29, 1.82) is 0 Å². The molecule has 0 amide bonds. The second-order valence-electron chi connectivity index (χ2n) is 4.76. The first-order valence-electron chi connectivity index (χ1n) is 6.45. The molecule has 20 heavy (non-hydrogen) atoms. The summed E-state index contributed by atoms with van der Waals surface area (Å²) in [7, 11) is 1.67. The molecule has 98 valence electrons. The number of aromatic nitrogens is 3. The van der Waals surface area contributed by atoms with Crippen molar-refractivity contribution in [2.45, 2.75) is 0 Å². The molecular formula is C16H13N3O. The van der Waals surface area contributed by atoms with Crippen molar-refractivity contribution < 1.29 is 4.74 Å². The Labute approximate surface area is 115 Å². The summed E-state index contributed by atoms with van der Waals surface area (Å²) in [6.45, 7) is 0. The third-order valence-electron chi connectivity index (χ3n) is 3.60. The quantitative estimate of drug-likeness (QED) is 0.579. The lowest BCUT2D eigenvalue weighted by Gasteiger charge is -2.01. The van der Waals surface area contributed by atoms with Crippen molar-refractivity contribution in [3.05, 3.63) is 48.7 Å². The van der Waals surface area contributed by atoms with Gasteiger partial charge >= 0.3 is 0 Å². The summed E-state index contributed by atoms with van der Waals surface area (Å²) in [5, 5.41) is 9.77. The SMILES string of the molecule is COc1ccc2[nH]nc(-c3ccc4cc[nH]c4c3)c2c1. The van der Waals surface area contributed by atoms with Crippen LogP contribution in [0.1, 0.15) is 0 Å². The maximum atomic E-state index is 5.29. The van der Waals surface area contributed by atoms with E-state index in [1.54, 1.807) is 7.11 Å². The molecule has 2 aromatic heterocycles. The van der Waals surface area contributed by atoms with Gasteiger partial charge in [-0.2, -0.15) is 5.10 Å². The zero-order valence-electron chi connectivity index (χ0n) is 11.0. The minimum absolute atomic E-state index is 0.834. The lowest BCUT2D eigenvalue weighted by molar-refractivity contribution is 0.415. The van der Waals surface area contributed by atoms with Crippen LogP contribution in [-0.2, 0) is 0 Å². The predicted molar refractivity (Wildman–Crippen MR) is 79.9 cm³/mol. The molecule has 0 aliphatic rings. The smallest absolute Gasteiger partial charge is 0.119 e. The normalized spacial score (nSPS) is 11.2. The van der Waals surface area contributed by atoms with Gasteiger partial charge in [0.1, 0.15) is 11.4 Å². The molecule has 4 rings (SSSR count). The number of methoxy groups -OCH3 is 1. The third-order valence-corrected chi connectivity index (χ3v) is 3.60. The van der Waals surface area contributed by atoms with Gasteiger partial charge in [0.25, 0.3) is 0 Å². The zero-order valence-corrected chi connectivity index (χ0v) is 11.0. The topological polar surface area (TPSA) is 53.7 Å². The first-order chi connectivity index (χ1) is 9.85. The van der Waals surface area contributed by atoms with Crippen molar-refractivity contribution >= 4 is 21.8 Å². The number of fused-ring (bicyclic) bond motifs is 2. The van der Waals surface area contributed by atoms with Gasteiger partial charge in [-0.1, -0.05) is 12.1 Å². The number of hydrogen-bond acceptors (Lipinski definition) is 2. The summed E-state index contributed by atoms with van der Waals surface area (Å²) in [5.41, 5.74) is 4.14. The summed E-state index contributed by atoms with van der Waals surface area (Å²) in [6, 6.07) is 14.3. The van der Waals surface area contributed by atoms with Crippen LogP contribution in [0.3, 0.4) is 0 Å². The molecule has 0 aliphatic carbocycles. The second-order valence-corrected chi connectivity index (χ2v) is 4.76. The van der Waals surface area contributed by atoms with E-state index in [0.29, 0.717) is 0 Å². The van der Waals surface area contributed by atoms with Gasteiger partial charge < -0.3 is 9.72 Å². The van der Waals surface area contributed by atoms with E-state index in [-0.39, 0.29) is 0 Å². The van der Waals surface area contributed by atoms with Gasteiger partial charge in [-0.15, -0.1) is 0 Å². The summed E-state index contributed by atoms with van der Waals surface area (Å²) < 4.78 is 5.29. The fraction of sp³-hybridized carbons (Fsp3) is 0.0625. The predicted octanol–water partition coefficient (Wildman–Crippen LogP) is 3.72. The van der Waals surface area contributed by atoms with Gasteiger partial charge in [-0.25, -0.2) is 0 Å². The Morgan fingerprint density at radius 1 is 1.00 bits per heavy atom. The number of aromatic amines is 2. The van der Waals surface area contributed by atoms with Crippen molar-refractivity contribution in [3.8, 4) is 17.0 Å². The second kappa shape index (κ2) is 4.13. The average molecular weight is 263 g/mol. The molecule has 0 spiro atoms. The number of H-pyrrole nitrogens is 2. The Morgan fingerprint density at radius 2 is 1.95 bits per heavy atom. The van der Waals surface area contributed by atoms with Gasteiger partial charge in [0.2, 0.25) is 0 Å². The van der Waals surface area contributed by atoms with E-state index in [2.05, 4.69) is 39.4 Å². The van der Waals surface area contributed by atoms with Crippen LogP contribution < -0.4 is 4.74 Å². The molecule has 4 heteroatoms. The Bertz CT molecular complexity index is 904. The number of benzene rings is 2. The number of hydrogen-bond donors (Lipinski definition) is 2. The molecule has 0 fully saturated rings. The fourth-order valence-corrected chi connectivity index (χ4v) is 2.54. The minimum atomic E-state index is 0.834. The van der Waals surface area contributed by atoms with Crippen LogP contribution in [0, 0.1) is 0 Å². The Morgan fingerprint density at radius 3 is 2.85 bits per heavy atom. The lowest BCUT2D eigenvalue weighted by atomic mass is 10.1. The first-order valence-corrected chi connectivity index (χ1v) is 6.45. The average Bonchev–Trinajstić information content (AvgIpc) is 3.11. The highest BCUT2D eigenvalue weighted by Gasteiger charge is 2.10. The van der Waals surface area contributed by atoms with Crippen LogP contribution in [0.25, 0.3) is 33.1 Å². The summed E-state index contributed by atoms with van der Waals surface area (Å²) in [5.74, 6) is 0.834. The van der Waals surface area contributed by atoms with Gasteiger partial charge in [0.15, 0.2) is 0 Å². The molecule has 0 saturated heterocycles. The van der Waals surface area contributed by atoms with Crippen molar-refractivity contribution in [2.75, 3.05) is 7.11 Å². The number of nitrogens with one attached hydrogen (secondary N) is 2. The molecule has 0 atom stereocenters. The summed E-state index contributed by atoms with van der Waals surface area (Å²) in [6.07, 6.45) is 1.94. The minimum Gasteiger partial charge on any atom is -0.497 e. The molecule has 0 radical (unpaired) electrons. The lowest BCUT2D eigenvalue weighted by Crippen LogP contribution is -1.82. The molecule has 2 aromatic carbocycles. The largest absolute Gasteiger partial charge is 0.497 e. The van der Waals surface area contributed by atoms with Crippen LogP contribution in [-0.4, -0.2) is 22.3 Å². The zero-order chi connectivity index (χ0) is 13.5. The van der Waals surface area contributed by atoms with E-state index in [4.69, 9.17) is 4.74 Å². The Kier molecular flexibility index (Phi) is 2.29. The van der Waals surface area contributed by atoms with Gasteiger partial charge in [-0.05, 0) is 35.7 Å². The first kappa shape index (κ1) is 11.1. The van der Waals surface area contributed by atoms with Gasteiger partial charge in [0.05, 0.1) is 12.6 Å². The van der Waals surface area contributed by atoms with Crippen LogP contribution in [0.15, 0.2) is 48.7 Å². The molecule has 0 bridgehead atoms. The number of ether oxygens (including phenoxy) is 1. The van der Waals surface area contributed by atoms with Crippen molar-refractivity contribution in [1.82, 2.24) is 15.2 Å². The molecule has 0 unspecified atom stereocenters. The van der Waals surface area contributed by atoms with Crippen LogP contribution in [0.2, 0.25) is 0 Å². The number of rotatable bonds is 2. The highest BCUT2D eigenvalue weighted by molar-refractivity contribution is 5.96. The molecule has 0 aliphatic heterocycles. The molecule has 4 nitrogen and oxygen atoms in total. The standard InChI is InChI=1S/C16H13N3O/c1-20-12-4-5-14-13(9-12)16(19-18-14)11-3-2-10-6-7-17-15(10)8-11/h2-9,17H,1H3,(H,18,19). The maximum absolute atomic E-state index is 5.29. The van der Waals surface area contributed by atoms with Crippen LogP contribution >= 0.6 is 0 Å². The van der Waals surface area contributed by atoms with Crippen LogP contribution in [0.5, 0.6) is 5.75 Å². The summed E-state index contributed by atoms with van der Waals surface area (Å²) in [4.78, 5) is 3.23. The van der Waals surface area contributed by atoms with Gasteiger partial charge in [0, 0.05) is 22.7 Å². The van der Waals surface area contributed by atoms with Crippen LogP contribution in [0.4, 0.5) is 0 Å². The maximum Gasteiger partial charge on any atom is 0.119 e. The van der Waals surface area contributed by atoms with E-state index < -0.39 is 0 Å². The fourth-order valence-electron chi connectivity index (χ4n) is 2.54. The molecule has 4 aromatic rings. The third kappa shape index (κ3) is 1.58. The molecule has 0 saturated carbocycles. The van der Waals surface area contributed by atoms with E-state index in [1.807, 2.05) is 24.4 Å². The molecular weight excluding hydrogens is 250 g/mol. The monoisotopic (exact) mass is 263 g/mol. The van der Waals surface area contributed by atoms with E-state index in [1.165, 1.54) is 5.39 Å². The Balaban J connectivity index is 1.96. The molecule has 2 heterocycles. The van der Waals surface area contributed by atoms with Crippen molar-refractivity contribution in [3.63, 3.8) is 0 Å². The van der Waals surface area contributed by atoms with Gasteiger partial charge in [-0.3, -0.25) is 5.10 Å². The van der Waals surface area contributed by atoms with E-state index in [9.17, 15) is 0 Å². The number of nitrogens with zero attached hydrogens (tertiary/aromatic N) is 1. The Hall–Kier alpha value is -2.75. The van der Waals surface area contributed by atoms with E-state index in [0.717, 1.165) is 33.4 Å². The highest BCUT2D eigenvalue weighted by Crippen LogP contribution is 2.30.